The Kier molecular flexibility index (Phi) is 7.32. The molecule has 0 atom stereocenters. The van der Waals surface area contributed by atoms with Gasteiger partial charge in [-0.15, -0.1) is 0 Å². The third-order valence-electron chi connectivity index (χ3n) is 6.05. The van der Waals surface area contributed by atoms with Crippen molar-refractivity contribution in [2.75, 3.05) is 0 Å². The predicted molar refractivity (Wildman–Crippen MR) is 111 cm³/mol. The second-order valence-corrected chi connectivity index (χ2v) is 8.21. The number of halogens is 5. The molecule has 0 spiro atoms. The summed E-state index contributed by atoms with van der Waals surface area (Å²) in [6, 6.07) is 9.81. The summed E-state index contributed by atoms with van der Waals surface area (Å²) < 4.78 is 65.3. The smallest absolute Gasteiger partial charge is 0.206 e. The summed E-state index contributed by atoms with van der Waals surface area (Å²) in [7, 11) is 0. The van der Waals surface area contributed by atoms with Crippen LogP contribution < -0.4 is 0 Å². The van der Waals surface area contributed by atoms with E-state index in [0.29, 0.717) is 23.1 Å². The summed E-state index contributed by atoms with van der Waals surface area (Å²) in [6.07, 6.45) is 4.30. The summed E-state index contributed by atoms with van der Waals surface area (Å²) in [5.41, 5.74) is 1.49. The molecule has 2 aromatic carbocycles. The maximum absolute atomic E-state index is 14.2. The van der Waals surface area contributed by atoms with Gasteiger partial charge in [0.1, 0.15) is 11.6 Å². The zero-order valence-corrected chi connectivity index (χ0v) is 17.1. The van der Waals surface area contributed by atoms with Crippen LogP contribution in [-0.2, 0) is 0 Å². The largest absolute Gasteiger partial charge is 0.409 e. The number of benzene rings is 2. The van der Waals surface area contributed by atoms with Gasteiger partial charge in [-0.1, -0.05) is 50.5 Å². The Bertz CT molecular complexity index is 833. The van der Waals surface area contributed by atoms with Crippen molar-refractivity contribution in [3.8, 4) is 11.1 Å². The second kappa shape index (κ2) is 9.76. The summed E-state index contributed by atoms with van der Waals surface area (Å²) in [5, 5.41) is 0. The quantitative estimate of drug-likeness (QED) is 0.409. The molecule has 1 aliphatic rings. The van der Waals surface area contributed by atoms with Crippen LogP contribution in [0.25, 0.3) is 17.2 Å². The normalized spacial score (nSPS) is 20.1. The van der Waals surface area contributed by atoms with Crippen LogP contribution in [-0.4, -0.2) is 6.18 Å². The summed E-state index contributed by atoms with van der Waals surface area (Å²) in [5.74, 6) is -0.684. The minimum absolute atomic E-state index is 0.167. The number of hydrogen-bond donors (Lipinski definition) is 0. The molecule has 0 bridgehead atoms. The maximum atomic E-state index is 14.2. The van der Waals surface area contributed by atoms with Crippen LogP contribution >= 0.6 is 0 Å². The minimum Gasteiger partial charge on any atom is -0.206 e. The fourth-order valence-electron chi connectivity index (χ4n) is 4.31. The molecular formula is C25H27F5. The highest BCUT2D eigenvalue weighted by Gasteiger charge is 2.23. The van der Waals surface area contributed by atoms with E-state index >= 15 is 0 Å². The highest BCUT2D eigenvalue weighted by atomic mass is 19.4. The fraction of sp³-hybridized carbons (Fsp3) is 0.440. The Morgan fingerprint density at radius 2 is 1.50 bits per heavy atom. The van der Waals surface area contributed by atoms with Gasteiger partial charge in [-0.3, -0.25) is 0 Å². The van der Waals surface area contributed by atoms with E-state index in [9.17, 15) is 22.0 Å². The minimum atomic E-state index is -4.62. The molecule has 1 saturated carbocycles. The van der Waals surface area contributed by atoms with E-state index in [1.165, 1.54) is 37.7 Å². The Morgan fingerprint density at radius 1 is 0.900 bits per heavy atom. The first-order valence-electron chi connectivity index (χ1n) is 10.6. The van der Waals surface area contributed by atoms with Gasteiger partial charge in [0.2, 0.25) is 0 Å². The van der Waals surface area contributed by atoms with Crippen LogP contribution in [0.15, 0.2) is 42.5 Å². The van der Waals surface area contributed by atoms with Crippen molar-refractivity contribution in [2.24, 2.45) is 5.92 Å². The third-order valence-corrected chi connectivity index (χ3v) is 6.05. The Labute approximate surface area is 174 Å². The van der Waals surface area contributed by atoms with Gasteiger partial charge < -0.3 is 0 Å². The molecule has 2 aromatic rings. The fourth-order valence-corrected chi connectivity index (χ4v) is 4.31. The molecule has 5 heteroatoms. The molecule has 0 aliphatic heterocycles. The van der Waals surface area contributed by atoms with E-state index < -0.39 is 23.4 Å². The topological polar surface area (TPSA) is 0 Å². The molecule has 1 aliphatic carbocycles. The zero-order chi connectivity index (χ0) is 21.7. The molecule has 162 valence electrons. The zero-order valence-electron chi connectivity index (χ0n) is 17.1. The van der Waals surface area contributed by atoms with Gasteiger partial charge in [-0.2, -0.15) is 13.2 Å². The van der Waals surface area contributed by atoms with Gasteiger partial charge in [0.05, 0.1) is 0 Å². The van der Waals surface area contributed by atoms with E-state index in [1.54, 1.807) is 0 Å². The number of unbranched alkanes of at least 4 members (excludes halogenated alkanes) is 1. The molecule has 0 aromatic heterocycles. The van der Waals surface area contributed by atoms with Crippen LogP contribution in [0.4, 0.5) is 22.0 Å². The standard InChI is InChI=1S/C25H27F5/c1-2-3-4-17-5-7-18(8-6-17)19-9-11-20(12-10-19)21-15-23(26)22(24(27)16-21)13-14-25(28,29)30/h9-18H,2-8H2,1H3/b14-13+. The van der Waals surface area contributed by atoms with Crippen molar-refractivity contribution >= 4 is 6.08 Å². The molecule has 0 nitrogen and oxygen atoms in total. The lowest BCUT2D eigenvalue weighted by Crippen LogP contribution is -2.13. The molecule has 0 radical (unpaired) electrons. The van der Waals surface area contributed by atoms with Crippen molar-refractivity contribution in [1.29, 1.82) is 0 Å². The summed E-state index contributed by atoms with van der Waals surface area (Å²) >= 11 is 0. The first kappa shape index (κ1) is 22.5. The molecule has 0 saturated heterocycles. The average molecular weight is 422 g/mol. The van der Waals surface area contributed by atoms with Crippen LogP contribution in [0.5, 0.6) is 0 Å². The van der Waals surface area contributed by atoms with E-state index in [2.05, 4.69) is 6.92 Å². The monoisotopic (exact) mass is 422 g/mol. The van der Waals surface area contributed by atoms with Crippen LogP contribution in [0.1, 0.15) is 68.9 Å². The number of rotatable bonds is 6. The molecule has 30 heavy (non-hydrogen) atoms. The summed E-state index contributed by atoms with van der Waals surface area (Å²) in [4.78, 5) is 0. The van der Waals surface area contributed by atoms with E-state index in [4.69, 9.17) is 0 Å². The maximum Gasteiger partial charge on any atom is 0.409 e. The molecular weight excluding hydrogens is 395 g/mol. The van der Waals surface area contributed by atoms with Gasteiger partial charge in [0.25, 0.3) is 0 Å². The lowest BCUT2D eigenvalue weighted by molar-refractivity contribution is -0.0790. The van der Waals surface area contributed by atoms with Crippen molar-refractivity contribution in [3.63, 3.8) is 0 Å². The Balaban J connectivity index is 1.70. The number of allylic oxidation sites excluding steroid dienone is 1. The first-order chi connectivity index (χ1) is 14.3. The molecule has 0 heterocycles. The SMILES string of the molecule is CCCCC1CCC(c2ccc(-c3cc(F)c(/C=C/C(F)(F)F)c(F)c3)cc2)CC1. The van der Waals surface area contributed by atoms with E-state index in [1.807, 2.05) is 24.3 Å². The molecule has 3 rings (SSSR count). The van der Waals surface area contributed by atoms with Crippen LogP contribution in [0, 0.1) is 17.6 Å². The third kappa shape index (κ3) is 5.93. The van der Waals surface area contributed by atoms with Crippen molar-refractivity contribution < 1.29 is 22.0 Å². The van der Waals surface area contributed by atoms with Crippen LogP contribution in [0.2, 0.25) is 0 Å². The Morgan fingerprint density at radius 3 is 2.03 bits per heavy atom. The number of hydrogen-bond acceptors (Lipinski definition) is 0. The molecule has 0 amide bonds. The summed E-state index contributed by atoms with van der Waals surface area (Å²) in [6.45, 7) is 2.22. The molecule has 0 unspecified atom stereocenters. The van der Waals surface area contributed by atoms with Crippen molar-refractivity contribution in [3.05, 3.63) is 65.2 Å². The predicted octanol–water partition coefficient (Wildman–Crippen LogP) is 8.67. The van der Waals surface area contributed by atoms with E-state index in [0.717, 1.165) is 30.9 Å². The van der Waals surface area contributed by atoms with Gasteiger partial charge in [0, 0.05) is 11.6 Å². The number of alkyl halides is 3. The Hall–Kier alpha value is -2.17. The van der Waals surface area contributed by atoms with Gasteiger partial charge in [0.15, 0.2) is 0 Å². The lowest BCUT2D eigenvalue weighted by Gasteiger charge is -2.29. The lowest BCUT2D eigenvalue weighted by atomic mass is 9.77. The molecule has 0 N–H and O–H groups in total. The van der Waals surface area contributed by atoms with E-state index in [-0.39, 0.29) is 6.08 Å². The van der Waals surface area contributed by atoms with Gasteiger partial charge in [-0.25, -0.2) is 8.78 Å². The average Bonchev–Trinajstić information content (AvgIpc) is 2.71. The van der Waals surface area contributed by atoms with Gasteiger partial charge in [-0.05, 0) is 72.4 Å². The second-order valence-electron chi connectivity index (χ2n) is 8.21. The first-order valence-corrected chi connectivity index (χ1v) is 10.6. The van der Waals surface area contributed by atoms with Gasteiger partial charge >= 0.3 is 6.18 Å². The highest BCUT2D eigenvalue weighted by molar-refractivity contribution is 5.67. The molecule has 1 fully saturated rings. The van der Waals surface area contributed by atoms with Crippen molar-refractivity contribution in [1.82, 2.24) is 0 Å². The van der Waals surface area contributed by atoms with Crippen molar-refractivity contribution in [2.45, 2.75) is 64.0 Å². The van der Waals surface area contributed by atoms with Crippen LogP contribution in [0.3, 0.4) is 0 Å². The highest BCUT2D eigenvalue weighted by Crippen LogP contribution is 2.38.